The minimum absolute atomic E-state index is 0.131. The number of carbonyl (C=O) groups excluding carboxylic acids is 1. The van der Waals surface area contributed by atoms with Crippen LogP contribution in [0.5, 0.6) is 0 Å². The zero-order valence-electron chi connectivity index (χ0n) is 11.1. The third-order valence-electron chi connectivity index (χ3n) is 4.31. The van der Waals surface area contributed by atoms with E-state index in [0.29, 0.717) is 32.5 Å². The van der Waals surface area contributed by atoms with Crippen LogP contribution in [0.15, 0.2) is 0 Å². The SMILES string of the molecule is O=C(O)CC1(CNC(=O)N2CCC(O)CC2)CCC1. The van der Waals surface area contributed by atoms with Crippen LogP contribution in [0.4, 0.5) is 4.79 Å². The summed E-state index contributed by atoms with van der Waals surface area (Å²) in [4.78, 5) is 24.5. The van der Waals surface area contributed by atoms with E-state index in [1.54, 1.807) is 4.90 Å². The Morgan fingerprint density at radius 2 is 1.89 bits per heavy atom. The number of rotatable bonds is 4. The number of aliphatic carboxylic acids is 1. The van der Waals surface area contributed by atoms with Gasteiger partial charge < -0.3 is 20.4 Å². The molecular formula is C13H22N2O4. The summed E-state index contributed by atoms with van der Waals surface area (Å²) in [6, 6.07) is -0.136. The molecule has 0 unspecified atom stereocenters. The first-order valence-corrected chi connectivity index (χ1v) is 6.93. The van der Waals surface area contributed by atoms with E-state index in [1.807, 2.05) is 0 Å². The number of carboxylic acid groups (broad SMARTS) is 1. The quantitative estimate of drug-likeness (QED) is 0.704. The number of carbonyl (C=O) groups is 2. The van der Waals surface area contributed by atoms with Crippen molar-refractivity contribution in [2.45, 2.75) is 44.6 Å². The van der Waals surface area contributed by atoms with E-state index in [4.69, 9.17) is 5.11 Å². The van der Waals surface area contributed by atoms with E-state index in [1.165, 1.54) is 0 Å². The molecule has 1 aliphatic carbocycles. The van der Waals surface area contributed by atoms with Gasteiger partial charge in [0.25, 0.3) is 0 Å². The molecule has 3 N–H and O–H groups in total. The highest BCUT2D eigenvalue weighted by Crippen LogP contribution is 2.43. The van der Waals surface area contributed by atoms with Crippen molar-refractivity contribution in [2.75, 3.05) is 19.6 Å². The molecule has 0 spiro atoms. The number of piperidine rings is 1. The maximum Gasteiger partial charge on any atom is 0.317 e. The molecule has 0 radical (unpaired) electrons. The highest BCUT2D eigenvalue weighted by molar-refractivity contribution is 5.74. The van der Waals surface area contributed by atoms with Crippen molar-refractivity contribution in [1.82, 2.24) is 10.2 Å². The van der Waals surface area contributed by atoms with E-state index in [9.17, 15) is 14.7 Å². The zero-order chi connectivity index (χ0) is 13.9. The zero-order valence-corrected chi connectivity index (χ0v) is 11.1. The lowest BCUT2D eigenvalue weighted by Crippen LogP contribution is -2.50. The summed E-state index contributed by atoms with van der Waals surface area (Å²) < 4.78 is 0. The molecule has 1 saturated carbocycles. The van der Waals surface area contributed by atoms with Gasteiger partial charge in [0.2, 0.25) is 0 Å². The Labute approximate surface area is 112 Å². The number of hydrogen-bond donors (Lipinski definition) is 3. The molecule has 19 heavy (non-hydrogen) atoms. The van der Waals surface area contributed by atoms with Gasteiger partial charge >= 0.3 is 12.0 Å². The van der Waals surface area contributed by atoms with Crippen molar-refractivity contribution in [3.8, 4) is 0 Å². The molecule has 0 atom stereocenters. The molecule has 1 saturated heterocycles. The van der Waals surface area contributed by atoms with Gasteiger partial charge in [-0.1, -0.05) is 6.42 Å². The first-order chi connectivity index (χ1) is 9.01. The smallest absolute Gasteiger partial charge is 0.317 e. The highest BCUT2D eigenvalue weighted by Gasteiger charge is 2.39. The van der Waals surface area contributed by atoms with Gasteiger partial charge in [-0.3, -0.25) is 4.79 Å². The Morgan fingerprint density at radius 1 is 1.26 bits per heavy atom. The van der Waals surface area contributed by atoms with Crippen LogP contribution in [0.1, 0.15) is 38.5 Å². The maximum atomic E-state index is 12.0. The summed E-state index contributed by atoms with van der Waals surface area (Å²) in [7, 11) is 0. The van der Waals surface area contributed by atoms with E-state index in [0.717, 1.165) is 19.3 Å². The molecule has 0 bridgehead atoms. The predicted molar refractivity (Wildman–Crippen MR) is 68.7 cm³/mol. The average molecular weight is 270 g/mol. The fraction of sp³-hybridized carbons (Fsp3) is 0.846. The number of hydrogen-bond acceptors (Lipinski definition) is 3. The normalized spacial score (nSPS) is 22.7. The maximum absolute atomic E-state index is 12.0. The van der Waals surface area contributed by atoms with Crippen LogP contribution in [0.25, 0.3) is 0 Å². The molecule has 108 valence electrons. The Bertz CT molecular complexity index is 347. The van der Waals surface area contributed by atoms with Crippen LogP contribution in [0.2, 0.25) is 0 Å². The minimum Gasteiger partial charge on any atom is -0.481 e. The van der Waals surface area contributed by atoms with Crippen molar-refractivity contribution in [3.05, 3.63) is 0 Å². The second-order valence-electron chi connectivity index (χ2n) is 5.80. The molecule has 1 aliphatic heterocycles. The molecule has 6 heteroatoms. The monoisotopic (exact) mass is 270 g/mol. The number of nitrogens with zero attached hydrogens (tertiary/aromatic N) is 1. The van der Waals surface area contributed by atoms with Crippen molar-refractivity contribution in [3.63, 3.8) is 0 Å². The third-order valence-corrected chi connectivity index (χ3v) is 4.31. The van der Waals surface area contributed by atoms with Crippen LogP contribution in [0, 0.1) is 5.41 Å². The molecule has 2 rings (SSSR count). The Balaban J connectivity index is 1.77. The summed E-state index contributed by atoms with van der Waals surface area (Å²) in [5.41, 5.74) is -0.239. The van der Waals surface area contributed by atoms with Crippen LogP contribution in [0.3, 0.4) is 0 Å². The highest BCUT2D eigenvalue weighted by atomic mass is 16.4. The van der Waals surface area contributed by atoms with Gasteiger partial charge in [-0.05, 0) is 31.1 Å². The van der Waals surface area contributed by atoms with E-state index in [-0.39, 0.29) is 24.0 Å². The molecule has 1 heterocycles. The van der Waals surface area contributed by atoms with Crippen molar-refractivity contribution in [2.24, 2.45) is 5.41 Å². The van der Waals surface area contributed by atoms with Gasteiger partial charge in [0, 0.05) is 19.6 Å². The molecule has 2 amide bonds. The topological polar surface area (TPSA) is 89.9 Å². The molecular weight excluding hydrogens is 248 g/mol. The minimum atomic E-state index is -0.796. The van der Waals surface area contributed by atoms with Crippen LogP contribution in [-0.2, 0) is 4.79 Å². The second-order valence-corrected chi connectivity index (χ2v) is 5.80. The van der Waals surface area contributed by atoms with E-state index in [2.05, 4.69) is 5.32 Å². The molecule has 6 nitrogen and oxygen atoms in total. The number of aliphatic hydroxyl groups excluding tert-OH is 1. The van der Waals surface area contributed by atoms with E-state index < -0.39 is 5.97 Å². The first-order valence-electron chi connectivity index (χ1n) is 6.93. The standard InChI is InChI=1S/C13H22N2O4/c16-10-2-6-15(7-3-10)12(19)14-9-13(4-1-5-13)8-11(17)18/h10,16H,1-9H2,(H,14,19)(H,17,18). The Morgan fingerprint density at radius 3 is 2.37 bits per heavy atom. The molecule has 0 aromatic rings. The first kappa shape index (κ1) is 14.1. The lowest BCUT2D eigenvalue weighted by Gasteiger charge is -2.41. The Hall–Kier alpha value is -1.30. The van der Waals surface area contributed by atoms with Gasteiger partial charge in [-0.25, -0.2) is 4.79 Å². The lowest BCUT2D eigenvalue weighted by molar-refractivity contribution is -0.141. The van der Waals surface area contributed by atoms with Crippen LogP contribution < -0.4 is 5.32 Å². The van der Waals surface area contributed by atoms with E-state index >= 15 is 0 Å². The van der Waals surface area contributed by atoms with Gasteiger partial charge in [0.1, 0.15) is 0 Å². The molecule has 0 aromatic heterocycles. The summed E-state index contributed by atoms with van der Waals surface area (Å²) in [5, 5.41) is 21.2. The van der Waals surface area contributed by atoms with Gasteiger partial charge in [0.05, 0.1) is 12.5 Å². The second kappa shape index (κ2) is 5.77. The van der Waals surface area contributed by atoms with Crippen LogP contribution >= 0.6 is 0 Å². The fourth-order valence-electron chi connectivity index (χ4n) is 2.86. The number of nitrogens with one attached hydrogen (secondary N) is 1. The van der Waals surface area contributed by atoms with Gasteiger partial charge in [-0.15, -0.1) is 0 Å². The number of aliphatic hydroxyl groups is 1. The average Bonchev–Trinajstić information content (AvgIpc) is 2.32. The van der Waals surface area contributed by atoms with Gasteiger partial charge in [0.15, 0.2) is 0 Å². The number of urea groups is 1. The van der Waals surface area contributed by atoms with Crippen molar-refractivity contribution >= 4 is 12.0 Å². The van der Waals surface area contributed by atoms with Gasteiger partial charge in [-0.2, -0.15) is 0 Å². The number of carboxylic acids is 1. The summed E-state index contributed by atoms with van der Waals surface area (Å²) >= 11 is 0. The summed E-state index contributed by atoms with van der Waals surface area (Å²) in [6.07, 6.45) is 3.86. The Kier molecular flexibility index (Phi) is 4.29. The fourth-order valence-corrected chi connectivity index (χ4v) is 2.86. The molecule has 2 aliphatic rings. The summed E-state index contributed by atoms with van der Waals surface area (Å²) in [5.74, 6) is -0.796. The third kappa shape index (κ3) is 3.59. The van der Waals surface area contributed by atoms with Crippen molar-refractivity contribution < 1.29 is 19.8 Å². The molecule has 2 fully saturated rings. The number of likely N-dealkylation sites (tertiary alicyclic amines) is 1. The lowest BCUT2D eigenvalue weighted by atomic mass is 9.66. The summed E-state index contributed by atoms with van der Waals surface area (Å²) in [6.45, 7) is 1.58. The van der Waals surface area contributed by atoms with Crippen molar-refractivity contribution in [1.29, 1.82) is 0 Å². The largest absolute Gasteiger partial charge is 0.481 e. The number of amides is 2. The van der Waals surface area contributed by atoms with Crippen LogP contribution in [-0.4, -0.2) is 52.9 Å². The molecule has 0 aromatic carbocycles. The predicted octanol–water partition coefficient (Wildman–Crippen LogP) is 0.798.